The van der Waals surface area contributed by atoms with Gasteiger partial charge < -0.3 is 15.0 Å². The SMILES string of the molecule is CC(C)NS(=O)(=O)N1CCN(C(=O)NC2CCCOC2)CC1. The molecule has 0 spiro atoms. The summed E-state index contributed by atoms with van der Waals surface area (Å²) in [6, 6.07) is -0.215. The largest absolute Gasteiger partial charge is 0.379 e. The molecule has 2 rings (SSSR count). The quantitative estimate of drug-likeness (QED) is 0.741. The number of piperazine rings is 1. The van der Waals surface area contributed by atoms with Gasteiger partial charge in [-0.05, 0) is 26.7 Å². The van der Waals surface area contributed by atoms with Gasteiger partial charge in [-0.1, -0.05) is 0 Å². The van der Waals surface area contributed by atoms with Crippen LogP contribution in [0.4, 0.5) is 4.79 Å². The van der Waals surface area contributed by atoms with Gasteiger partial charge in [0.25, 0.3) is 10.2 Å². The van der Waals surface area contributed by atoms with Crippen LogP contribution in [0.15, 0.2) is 0 Å². The van der Waals surface area contributed by atoms with Crippen LogP contribution in [0.25, 0.3) is 0 Å². The van der Waals surface area contributed by atoms with Crippen molar-refractivity contribution in [2.45, 2.75) is 38.8 Å². The maximum Gasteiger partial charge on any atom is 0.317 e. The van der Waals surface area contributed by atoms with Gasteiger partial charge in [0.15, 0.2) is 0 Å². The number of carbonyl (C=O) groups excluding carboxylic acids is 1. The highest BCUT2D eigenvalue weighted by atomic mass is 32.2. The van der Waals surface area contributed by atoms with Gasteiger partial charge in [0, 0.05) is 38.8 Å². The maximum absolute atomic E-state index is 12.2. The summed E-state index contributed by atoms with van der Waals surface area (Å²) >= 11 is 0. The molecular formula is C13H26N4O4S. The monoisotopic (exact) mass is 334 g/mol. The van der Waals surface area contributed by atoms with Crippen LogP contribution < -0.4 is 10.0 Å². The van der Waals surface area contributed by atoms with Crippen molar-refractivity contribution < 1.29 is 17.9 Å². The summed E-state index contributed by atoms with van der Waals surface area (Å²) in [5.41, 5.74) is 0. The van der Waals surface area contributed by atoms with E-state index >= 15 is 0 Å². The van der Waals surface area contributed by atoms with Crippen molar-refractivity contribution in [3.8, 4) is 0 Å². The van der Waals surface area contributed by atoms with Crippen molar-refractivity contribution in [1.29, 1.82) is 0 Å². The fourth-order valence-electron chi connectivity index (χ4n) is 2.62. The molecule has 2 saturated heterocycles. The normalized spacial score (nSPS) is 24.5. The lowest BCUT2D eigenvalue weighted by Crippen LogP contribution is -2.57. The minimum Gasteiger partial charge on any atom is -0.379 e. The van der Waals surface area contributed by atoms with Crippen molar-refractivity contribution >= 4 is 16.2 Å². The van der Waals surface area contributed by atoms with Gasteiger partial charge in [-0.15, -0.1) is 0 Å². The highest BCUT2D eigenvalue weighted by molar-refractivity contribution is 7.87. The Balaban J connectivity index is 1.80. The summed E-state index contributed by atoms with van der Waals surface area (Å²) < 4.78 is 33.4. The zero-order chi connectivity index (χ0) is 16.2. The molecule has 0 aromatic carbocycles. The molecule has 2 aliphatic heterocycles. The molecule has 22 heavy (non-hydrogen) atoms. The minimum atomic E-state index is -3.45. The van der Waals surface area contributed by atoms with Gasteiger partial charge in [-0.25, -0.2) is 4.79 Å². The Morgan fingerprint density at radius 1 is 1.23 bits per heavy atom. The highest BCUT2D eigenvalue weighted by Gasteiger charge is 2.30. The van der Waals surface area contributed by atoms with Crippen molar-refractivity contribution in [2.24, 2.45) is 0 Å². The average molecular weight is 334 g/mol. The summed E-state index contributed by atoms with van der Waals surface area (Å²) in [6.07, 6.45) is 1.89. The molecule has 2 fully saturated rings. The van der Waals surface area contributed by atoms with Crippen LogP contribution in [0.1, 0.15) is 26.7 Å². The maximum atomic E-state index is 12.2. The van der Waals surface area contributed by atoms with Crippen LogP contribution in [0.5, 0.6) is 0 Å². The molecule has 0 radical (unpaired) electrons. The van der Waals surface area contributed by atoms with Crippen LogP contribution in [0.2, 0.25) is 0 Å². The molecular weight excluding hydrogens is 308 g/mol. The standard InChI is InChI=1S/C13H26N4O4S/c1-11(2)15-22(19,20)17-7-5-16(6-8-17)13(18)14-12-4-3-9-21-10-12/h11-12,15H,3-10H2,1-2H3,(H,14,18). The summed E-state index contributed by atoms with van der Waals surface area (Å²) in [5.74, 6) is 0. The second-order valence-corrected chi connectivity index (χ2v) is 7.73. The number of nitrogens with zero attached hydrogens (tertiary/aromatic N) is 2. The van der Waals surface area contributed by atoms with Crippen molar-refractivity contribution in [1.82, 2.24) is 19.2 Å². The molecule has 0 saturated carbocycles. The van der Waals surface area contributed by atoms with Crippen LogP contribution in [0.3, 0.4) is 0 Å². The number of hydrogen-bond donors (Lipinski definition) is 2. The number of nitrogens with one attached hydrogen (secondary N) is 2. The Hall–Kier alpha value is -0.900. The Morgan fingerprint density at radius 2 is 1.91 bits per heavy atom. The van der Waals surface area contributed by atoms with E-state index < -0.39 is 10.2 Å². The van der Waals surface area contributed by atoms with Crippen molar-refractivity contribution in [2.75, 3.05) is 39.4 Å². The molecule has 2 heterocycles. The molecule has 2 amide bonds. The molecule has 0 aromatic heterocycles. The number of rotatable bonds is 4. The van der Waals surface area contributed by atoms with E-state index in [0.29, 0.717) is 32.8 Å². The third-order valence-electron chi connectivity index (χ3n) is 3.74. The molecule has 0 aliphatic carbocycles. The van der Waals surface area contributed by atoms with E-state index in [1.54, 1.807) is 18.7 Å². The zero-order valence-electron chi connectivity index (χ0n) is 13.2. The van der Waals surface area contributed by atoms with Gasteiger partial charge in [0.2, 0.25) is 0 Å². The van der Waals surface area contributed by atoms with Crippen LogP contribution in [0, 0.1) is 0 Å². The first-order chi connectivity index (χ1) is 10.4. The molecule has 8 nitrogen and oxygen atoms in total. The number of amides is 2. The number of ether oxygens (including phenoxy) is 1. The molecule has 1 unspecified atom stereocenters. The van der Waals surface area contributed by atoms with E-state index in [1.807, 2.05) is 0 Å². The second kappa shape index (κ2) is 7.58. The van der Waals surface area contributed by atoms with Gasteiger partial charge in [0.1, 0.15) is 0 Å². The fourth-order valence-corrected chi connectivity index (χ4v) is 4.01. The van der Waals surface area contributed by atoms with Gasteiger partial charge in [-0.3, -0.25) is 0 Å². The first-order valence-electron chi connectivity index (χ1n) is 7.79. The summed E-state index contributed by atoms with van der Waals surface area (Å²) in [7, 11) is -3.45. The van der Waals surface area contributed by atoms with Gasteiger partial charge in [-0.2, -0.15) is 17.4 Å². The summed E-state index contributed by atoms with van der Waals surface area (Å²) in [5, 5.41) is 2.95. The second-order valence-electron chi connectivity index (χ2n) is 6.03. The van der Waals surface area contributed by atoms with Crippen LogP contribution in [-0.4, -0.2) is 75.1 Å². The Morgan fingerprint density at radius 3 is 2.45 bits per heavy atom. The van der Waals surface area contributed by atoms with E-state index in [2.05, 4.69) is 10.0 Å². The average Bonchev–Trinajstić information content (AvgIpc) is 2.47. The molecule has 9 heteroatoms. The third kappa shape index (κ3) is 4.80. The van der Waals surface area contributed by atoms with E-state index in [0.717, 1.165) is 19.4 Å². The van der Waals surface area contributed by atoms with Crippen LogP contribution >= 0.6 is 0 Å². The fraction of sp³-hybridized carbons (Fsp3) is 0.923. The molecule has 2 aliphatic rings. The Bertz CT molecular complexity index is 468. The van der Waals surface area contributed by atoms with Crippen molar-refractivity contribution in [3.05, 3.63) is 0 Å². The first kappa shape index (κ1) is 17.5. The molecule has 128 valence electrons. The molecule has 0 aromatic rings. The van der Waals surface area contributed by atoms with E-state index in [1.165, 1.54) is 4.31 Å². The van der Waals surface area contributed by atoms with E-state index in [4.69, 9.17) is 4.74 Å². The zero-order valence-corrected chi connectivity index (χ0v) is 14.1. The lowest BCUT2D eigenvalue weighted by molar-refractivity contribution is 0.0697. The predicted octanol–water partition coefficient (Wildman–Crippen LogP) is -0.265. The van der Waals surface area contributed by atoms with Crippen LogP contribution in [-0.2, 0) is 14.9 Å². The first-order valence-corrected chi connectivity index (χ1v) is 9.23. The van der Waals surface area contributed by atoms with Crippen molar-refractivity contribution in [3.63, 3.8) is 0 Å². The van der Waals surface area contributed by atoms with E-state index in [-0.39, 0.29) is 18.1 Å². The Labute approximate surface area is 132 Å². The lowest BCUT2D eigenvalue weighted by Gasteiger charge is -2.35. The predicted molar refractivity (Wildman–Crippen MR) is 82.7 cm³/mol. The molecule has 2 N–H and O–H groups in total. The smallest absolute Gasteiger partial charge is 0.317 e. The molecule has 0 bridgehead atoms. The van der Waals surface area contributed by atoms with E-state index in [9.17, 15) is 13.2 Å². The highest BCUT2D eigenvalue weighted by Crippen LogP contribution is 2.09. The minimum absolute atomic E-state index is 0.0608. The third-order valence-corrected chi connectivity index (χ3v) is 5.55. The summed E-state index contributed by atoms with van der Waals surface area (Å²) in [6.45, 7) is 6.31. The molecule has 1 atom stereocenters. The number of hydrogen-bond acceptors (Lipinski definition) is 4. The number of urea groups is 1. The number of carbonyl (C=O) groups is 1. The van der Waals surface area contributed by atoms with Gasteiger partial charge in [0.05, 0.1) is 12.6 Å². The lowest BCUT2D eigenvalue weighted by atomic mass is 10.1. The van der Waals surface area contributed by atoms with Gasteiger partial charge >= 0.3 is 6.03 Å². The Kier molecular flexibility index (Phi) is 6.01. The summed E-state index contributed by atoms with van der Waals surface area (Å²) in [4.78, 5) is 13.8. The topological polar surface area (TPSA) is 91.0 Å².